The Kier molecular flexibility index (Phi) is 6.49. The summed E-state index contributed by atoms with van der Waals surface area (Å²) in [4.78, 5) is 12.1. The average molecular weight is 424 g/mol. The molecule has 1 aliphatic rings. The van der Waals surface area contributed by atoms with Gasteiger partial charge in [0.2, 0.25) is 15.9 Å². The summed E-state index contributed by atoms with van der Waals surface area (Å²) in [5.41, 5.74) is 1.97. The van der Waals surface area contributed by atoms with Crippen LogP contribution in [0.2, 0.25) is 0 Å². The summed E-state index contributed by atoms with van der Waals surface area (Å²) in [5.74, 6) is -0.995. The maximum atomic E-state index is 13.2. The minimum absolute atomic E-state index is 0.0366. The van der Waals surface area contributed by atoms with Crippen LogP contribution in [-0.4, -0.2) is 38.0 Å². The zero-order valence-electron chi connectivity index (χ0n) is 16.0. The number of halogens is 2. The van der Waals surface area contributed by atoms with Gasteiger partial charge in [-0.15, -0.1) is 0 Å². The van der Waals surface area contributed by atoms with E-state index in [0.29, 0.717) is 17.7 Å². The van der Waals surface area contributed by atoms with Gasteiger partial charge in [-0.2, -0.15) is 4.31 Å². The molecule has 2 aromatic rings. The van der Waals surface area contributed by atoms with Crippen LogP contribution in [0.15, 0.2) is 36.4 Å². The van der Waals surface area contributed by atoms with Gasteiger partial charge in [0.25, 0.3) is 0 Å². The molecule has 0 spiro atoms. The van der Waals surface area contributed by atoms with Crippen LogP contribution in [0.3, 0.4) is 0 Å². The van der Waals surface area contributed by atoms with Gasteiger partial charge in [0.15, 0.2) is 0 Å². The SMILES string of the molecule is CS(=O)(=O)N1CCOc2ccc(CCC(=O)NCc3cc(F)cc(F)c3)cc2C1. The standard InChI is InChI=1S/C20H22F2N2O4S/c1-29(26,27)24-6-7-28-19-4-2-14(8-16(19)13-24)3-5-20(25)23-12-15-9-17(21)11-18(22)10-15/h2,4,8-11H,3,5-7,12-13H2,1H3,(H,23,25). The summed E-state index contributed by atoms with van der Waals surface area (Å²) >= 11 is 0. The highest BCUT2D eigenvalue weighted by Gasteiger charge is 2.22. The van der Waals surface area contributed by atoms with Gasteiger partial charge in [0.1, 0.15) is 24.0 Å². The van der Waals surface area contributed by atoms with Crippen LogP contribution >= 0.6 is 0 Å². The van der Waals surface area contributed by atoms with Crippen LogP contribution in [-0.2, 0) is 34.3 Å². The van der Waals surface area contributed by atoms with Crippen molar-refractivity contribution < 1.29 is 26.7 Å². The first-order chi connectivity index (χ1) is 13.7. The maximum absolute atomic E-state index is 13.2. The third kappa shape index (κ3) is 5.98. The monoisotopic (exact) mass is 424 g/mol. The number of nitrogens with zero attached hydrogens (tertiary/aromatic N) is 1. The summed E-state index contributed by atoms with van der Waals surface area (Å²) in [7, 11) is -3.33. The molecule has 6 nitrogen and oxygen atoms in total. The highest BCUT2D eigenvalue weighted by atomic mass is 32.2. The van der Waals surface area contributed by atoms with Crippen molar-refractivity contribution in [3.05, 3.63) is 64.7 Å². The van der Waals surface area contributed by atoms with E-state index in [1.165, 1.54) is 16.4 Å². The number of hydrogen-bond donors (Lipinski definition) is 1. The van der Waals surface area contributed by atoms with Crippen molar-refractivity contribution in [1.82, 2.24) is 9.62 Å². The molecule has 0 radical (unpaired) electrons. The molecule has 0 aromatic heterocycles. The first-order valence-electron chi connectivity index (χ1n) is 9.12. The molecule has 1 amide bonds. The van der Waals surface area contributed by atoms with Gasteiger partial charge in [-0.1, -0.05) is 12.1 Å². The first kappa shape index (κ1) is 21.2. The number of sulfonamides is 1. The third-order valence-electron chi connectivity index (χ3n) is 4.59. The molecule has 1 heterocycles. The molecule has 1 N–H and O–H groups in total. The zero-order valence-corrected chi connectivity index (χ0v) is 16.8. The molecular formula is C20H22F2N2O4S. The Morgan fingerprint density at radius 3 is 2.55 bits per heavy atom. The molecule has 0 saturated carbocycles. The van der Waals surface area contributed by atoms with Crippen LogP contribution in [0.25, 0.3) is 0 Å². The fraction of sp³-hybridized carbons (Fsp3) is 0.350. The molecule has 0 saturated heterocycles. The molecule has 29 heavy (non-hydrogen) atoms. The molecule has 0 atom stereocenters. The molecule has 0 fully saturated rings. The first-order valence-corrected chi connectivity index (χ1v) is 11.0. The number of carbonyl (C=O) groups is 1. The van der Waals surface area contributed by atoms with Crippen molar-refractivity contribution in [1.29, 1.82) is 0 Å². The van der Waals surface area contributed by atoms with E-state index in [0.717, 1.165) is 23.4 Å². The quantitative estimate of drug-likeness (QED) is 0.773. The second-order valence-electron chi connectivity index (χ2n) is 6.94. The largest absolute Gasteiger partial charge is 0.492 e. The highest BCUT2D eigenvalue weighted by Crippen LogP contribution is 2.26. The minimum Gasteiger partial charge on any atom is -0.492 e. The highest BCUT2D eigenvalue weighted by molar-refractivity contribution is 7.88. The van der Waals surface area contributed by atoms with Crippen molar-refractivity contribution in [2.24, 2.45) is 0 Å². The summed E-state index contributed by atoms with van der Waals surface area (Å²) in [6.45, 7) is 0.822. The van der Waals surface area contributed by atoms with E-state index in [9.17, 15) is 22.0 Å². The van der Waals surface area contributed by atoms with Crippen LogP contribution < -0.4 is 10.1 Å². The summed E-state index contributed by atoms with van der Waals surface area (Å²) in [6, 6.07) is 8.58. The third-order valence-corrected chi connectivity index (χ3v) is 5.84. The smallest absolute Gasteiger partial charge is 0.220 e. The lowest BCUT2D eigenvalue weighted by atomic mass is 10.0. The predicted molar refractivity (Wildman–Crippen MR) is 104 cm³/mol. The van der Waals surface area contributed by atoms with Crippen LogP contribution in [0.1, 0.15) is 23.1 Å². The van der Waals surface area contributed by atoms with E-state index in [1.54, 1.807) is 6.07 Å². The lowest BCUT2D eigenvalue weighted by molar-refractivity contribution is -0.121. The van der Waals surface area contributed by atoms with Gasteiger partial charge in [-0.05, 0) is 35.7 Å². The Balaban J connectivity index is 1.58. The number of benzene rings is 2. The van der Waals surface area contributed by atoms with E-state index in [4.69, 9.17) is 4.74 Å². The van der Waals surface area contributed by atoms with Gasteiger partial charge in [-0.25, -0.2) is 17.2 Å². The van der Waals surface area contributed by atoms with E-state index in [2.05, 4.69) is 5.32 Å². The van der Waals surface area contributed by atoms with Crippen LogP contribution in [0.4, 0.5) is 8.78 Å². The Morgan fingerprint density at radius 1 is 1.14 bits per heavy atom. The van der Waals surface area contributed by atoms with Crippen LogP contribution in [0.5, 0.6) is 5.75 Å². The topological polar surface area (TPSA) is 75.7 Å². The van der Waals surface area contributed by atoms with E-state index in [1.807, 2.05) is 12.1 Å². The Morgan fingerprint density at radius 2 is 1.86 bits per heavy atom. The minimum atomic E-state index is -3.33. The number of nitrogens with one attached hydrogen (secondary N) is 1. The van der Waals surface area contributed by atoms with Crippen molar-refractivity contribution >= 4 is 15.9 Å². The van der Waals surface area contributed by atoms with Crippen molar-refractivity contribution in [3.8, 4) is 5.75 Å². The van der Waals surface area contributed by atoms with Gasteiger partial charge < -0.3 is 10.1 Å². The molecule has 9 heteroatoms. The molecule has 0 bridgehead atoms. The molecule has 0 aliphatic carbocycles. The molecule has 3 rings (SSSR count). The summed E-state index contributed by atoms with van der Waals surface area (Å²) in [5, 5.41) is 2.64. The van der Waals surface area contributed by atoms with Crippen molar-refractivity contribution in [3.63, 3.8) is 0 Å². The number of fused-ring (bicyclic) bond motifs is 1. The summed E-state index contributed by atoms with van der Waals surface area (Å²) in [6.07, 6.45) is 1.79. The second-order valence-corrected chi connectivity index (χ2v) is 8.92. The van der Waals surface area contributed by atoms with Gasteiger partial charge >= 0.3 is 0 Å². The number of ether oxygens (including phenoxy) is 1. The normalized spacial score (nSPS) is 14.6. The fourth-order valence-corrected chi connectivity index (χ4v) is 3.90. The maximum Gasteiger partial charge on any atom is 0.220 e. The van der Waals surface area contributed by atoms with Gasteiger partial charge in [0, 0.05) is 37.7 Å². The second kappa shape index (κ2) is 8.87. The Labute approximate surface area is 168 Å². The average Bonchev–Trinajstić information content (AvgIpc) is 2.86. The fourth-order valence-electron chi connectivity index (χ4n) is 3.12. The lowest BCUT2D eigenvalue weighted by Gasteiger charge is -2.16. The zero-order chi connectivity index (χ0) is 21.0. The molecule has 2 aromatic carbocycles. The van der Waals surface area contributed by atoms with E-state index >= 15 is 0 Å². The molecule has 0 unspecified atom stereocenters. The summed E-state index contributed by atoms with van der Waals surface area (Å²) < 4.78 is 57.0. The number of carbonyl (C=O) groups excluding carboxylic acids is 1. The van der Waals surface area contributed by atoms with E-state index in [-0.39, 0.29) is 38.6 Å². The predicted octanol–water partition coefficient (Wildman–Crippen LogP) is 2.37. The van der Waals surface area contributed by atoms with Gasteiger partial charge in [0.05, 0.1) is 6.26 Å². The molecule has 1 aliphatic heterocycles. The number of rotatable bonds is 6. The molecule has 156 valence electrons. The number of hydrogen-bond acceptors (Lipinski definition) is 4. The van der Waals surface area contributed by atoms with Crippen molar-refractivity contribution in [2.45, 2.75) is 25.9 Å². The Hall–Kier alpha value is -2.52. The number of amides is 1. The molecular weight excluding hydrogens is 402 g/mol. The lowest BCUT2D eigenvalue weighted by Crippen LogP contribution is -2.31. The van der Waals surface area contributed by atoms with Crippen LogP contribution in [0, 0.1) is 11.6 Å². The van der Waals surface area contributed by atoms with Gasteiger partial charge in [-0.3, -0.25) is 4.79 Å². The Bertz CT molecular complexity index is 991. The van der Waals surface area contributed by atoms with Crippen molar-refractivity contribution in [2.75, 3.05) is 19.4 Å². The van der Waals surface area contributed by atoms with E-state index < -0.39 is 21.7 Å². The number of aryl methyl sites for hydroxylation is 1.